The first-order valence-corrected chi connectivity index (χ1v) is 13.5. The highest BCUT2D eigenvalue weighted by Gasteiger charge is 2.22. The van der Waals surface area contributed by atoms with Crippen molar-refractivity contribution in [2.45, 2.75) is 78.3 Å². The Hall–Kier alpha value is -3.85. The maximum atomic E-state index is 15.1. The van der Waals surface area contributed by atoms with Crippen molar-refractivity contribution in [3.8, 4) is 11.3 Å². The molecule has 0 spiro atoms. The minimum absolute atomic E-state index is 0. The predicted molar refractivity (Wildman–Crippen MR) is 156 cm³/mol. The lowest BCUT2D eigenvalue weighted by Crippen LogP contribution is -2.40. The third-order valence-corrected chi connectivity index (χ3v) is 7.80. The Bertz CT molecular complexity index is 1510. The van der Waals surface area contributed by atoms with Crippen LogP contribution in [0.1, 0.15) is 80.8 Å². The third-order valence-electron chi connectivity index (χ3n) is 7.80. The molecule has 0 aliphatic heterocycles. The Balaban J connectivity index is 0.00000370. The van der Waals surface area contributed by atoms with Crippen LogP contribution in [0, 0.1) is 18.6 Å². The van der Waals surface area contributed by atoms with Gasteiger partial charge in [0.25, 0.3) is 5.91 Å². The van der Waals surface area contributed by atoms with Crippen LogP contribution >= 0.6 is 0 Å². The van der Waals surface area contributed by atoms with Crippen LogP contribution in [-0.2, 0) is 0 Å². The van der Waals surface area contributed by atoms with E-state index in [2.05, 4.69) is 20.6 Å². The van der Waals surface area contributed by atoms with Gasteiger partial charge in [0.1, 0.15) is 0 Å². The summed E-state index contributed by atoms with van der Waals surface area (Å²) in [5, 5.41) is 6.39. The maximum absolute atomic E-state index is 15.1. The lowest BCUT2D eigenvalue weighted by atomic mass is 9.91. The second kappa shape index (κ2) is 12.1. The Kier molecular flexibility index (Phi) is 8.83. The van der Waals surface area contributed by atoms with Crippen molar-refractivity contribution in [2.75, 3.05) is 5.32 Å². The highest BCUT2D eigenvalue weighted by atomic mass is 19.2. The van der Waals surface area contributed by atoms with E-state index in [1.165, 1.54) is 6.20 Å². The van der Waals surface area contributed by atoms with Crippen molar-refractivity contribution >= 4 is 23.1 Å². The maximum Gasteiger partial charge on any atom is 0.251 e. The Morgan fingerprint density at radius 1 is 1.12 bits per heavy atom. The number of nitrogens with one attached hydrogen (secondary N) is 2. The topological polar surface area (TPSA) is 97.3 Å². The van der Waals surface area contributed by atoms with E-state index < -0.39 is 11.6 Å². The molecule has 1 unspecified atom stereocenters. The second-order valence-electron chi connectivity index (χ2n) is 10.5. The molecule has 0 bridgehead atoms. The Morgan fingerprint density at radius 3 is 2.58 bits per heavy atom. The number of rotatable bonds is 7. The average Bonchev–Trinajstić information content (AvgIpc) is 3.36. The number of hydrogen-bond acceptors (Lipinski definition) is 5. The van der Waals surface area contributed by atoms with Crippen LogP contribution in [-0.4, -0.2) is 32.4 Å². The molecule has 40 heavy (non-hydrogen) atoms. The molecule has 0 saturated heterocycles. The van der Waals surface area contributed by atoms with E-state index in [0.717, 1.165) is 36.9 Å². The molecule has 1 fully saturated rings. The molecule has 0 radical (unpaired) electrons. The van der Waals surface area contributed by atoms with E-state index in [1.807, 2.05) is 32.9 Å². The van der Waals surface area contributed by atoms with Crippen molar-refractivity contribution in [3.63, 3.8) is 0 Å². The number of carbonyl (C=O) groups is 1. The van der Waals surface area contributed by atoms with Crippen LogP contribution in [0.3, 0.4) is 0 Å². The van der Waals surface area contributed by atoms with Gasteiger partial charge >= 0.3 is 0 Å². The lowest BCUT2D eigenvalue weighted by Gasteiger charge is -2.27. The number of carbonyl (C=O) groups excluding carboxylic acids is 1. The fourth-order valence-corrected chi connectivity index (χ4v) is 5.23. The highest BCUT2D eigenvalue weighted by Crippen LogP contribution is 2.32. The minimum Gasteiger partial charge on any atom is -0.349 e. The number of aromatic nitrogens is 3. The predicted octanol–water partition coefficient (Wildman–Crippen LogP) is 6.88. The molecule has 7 nitrogen and oxygen atoms in total. The number of amides is 1. The number of benzene rings is 2. The molecule has 1 aliphatic carbocycles. The van der Waals surface area contributed by atoms with Crippen molar-refractivity contribution in [1.82, 2.24) is 19.7 Å². The molecule has 1 aliphatic rings. The standard InChI is InChI=1S/C30H34F2N6O.CH4/c1-4-17(2)22-11-12-24(27(32)26(22)31)25-16-35-29-28(34-13-14-38(25)29)36-21-9-10-23(18(3)15-21)30(39)37-20-7-5-19(33)6-8-20;/h9-17,19-20H,4-8,33H2,1-3H3,(H,34,36)(H,37,39);1H4. The summed E-state index contributed by atoms with van der Waals surface area (Å²) in [6, 6.07) is 9.10. The summed E-state index contributed by atoms with van der Waals surface area (Å²) in [5.74, 6) is -1.43. The number of nitrogens with two attached hydrogens (primary N) is 1. The molecule has 2 aromatic heterocycles. The van der Waals surface area contributed by atoms with Crippen LogP contribution in [0.4, 0.5) is 20.3 Å². The largest absolute Gasteiger partial charge is 0.349 e. The first-order chi connectivity index (χ1) is 18.8. The highest BCUT2D eigenvalue weighted by molar-refractivity contribution is 5.96. The van der Waals surface area contributed by atoms with Gasteiger partial charge in [0, 0.05) is 41.3 Å². The van der Waals surface area contributed by atoms with E-state index in [-0.39, 0.29) is 36.9 Å². The third kappa shape index (κ3) is 5.70. The zero-order valence-electron chi connectivity index (χ0n) is 22.5. The fourth-order valence-electron chi connectivity index (χ4n) is 5.23. The van der Waals surface area contributed by atoms with Gasteiger partial charge < -0.3 is 16.4 Å². The van der Waals surface area contributed by atoms with Gasteiger partial charge in [-0.3, -0.25) is 9.20 Å². The molecule has 4 N–H and O–H groups in total. The van der Waals surface area contributed by atoms with Crippen molar-refractivity contribution in [1.29, 1.82) is 0 Å². The Labute approximate surface area is 234 Å². The first kappa shape index (κ1) is 29.1. The molecule has 2 aromatic carbocycles. The summed E-state index contributed by atoms with van der Waals surface area (Å²) >= 11 is 0. The van der Waals surface area contributed by atoms with Crippen molar-refractivity contribution in [2.24, 2.45) is 5.73 Å². The summed E-state index contributed by atoms with van der Waals surface area (Å²) in [6.07, 6.45) is 9.11. The number of anilines is 2. The normalized spacial score (nSPS) is 17.8. The Morgan fingerprint density at radius 2 is 1.88 bits per heavy atom. The molecule has 1 atom stereocenters. The quantitative estimate of drug-likeness (QED) is 0.234. The smallest absolute Gasteiger partial charge is 0.251 e. The van der Waals surface area contributed by atoms with Gasteiger partial charge in [-0.2, -0.15) is 0 Å². The number of nitrogens with zero attached hydrogens (tertiary/aromatic N) is 3. The number of halogens is 2. The van der Waals surface area contributed by atoms with Gasteiger partial charge in [-0.15, -0.1) is 0 Å². The van der Waals surface area contributed by atoms with Crippen LogP contribution in [0.2, 0.25) is 0 Å². The lowest BCUT2D eigenvalue weighted by molar-refractivity contribution is 0.0925. The summed E-state index contributed by atoms with van der Waals surface area (Å²) in [5.41, 5.74) is 9.54. The summed E-state index contributed by atoms with van der Waals surface area (Å²) in [7, 11) is 0. The van der Waals surface area contributed by atoms with Gasteiger partial charge in [0.2, 0.25) is 0 Å². The second-order valence-corrected chi connectivity index (χ2v) is 10.5. The number of fused-ring (bicyclic) bond motifs is 1. The van der Waals surface area contributed by atoms with Gasteiger partial charge in [0.15, 0.2) is 23.1 Å². The zero-order chi connectivity index (χ0) is 27.7. The van der Waals surface area contributed by atoms with E-state index >= 15 is 4.39 Å². The average molecular weight is 549 g/mol. The molecule has 212 valence electrons. The van der Waals surface area contributed by atoms with Crippen molar-refractivity contribution < 1.29 is 13.6 Å². The molecule has 4 aromatic rings. The van der Waals surface area contributed by atoms with Crippen molar-refractivity contribution in [3.05, 3.63) is 77.2 Å². The van der Waals surface area contributed by atoms with Crippen LogP contribution < -0.4 is 16.4 Å². The minimum atomic E-state index is -0.888. The van der Waals surface area contributed by atoms with Crippen LogP contribution in [0.25, 0.3) is 16.9 Å². The van der Waals surface area contributed by atoms with E-state index in [4.69, 9.17) is 5.73 Å². The molecular weight excluding hydrogens is 510 g/mol. The summed E-state index contributed by atoms with van der Waals surface area (Å²) in [4.78, 5) is 21.7. The number of imidazole rings is 1. The van der Waals surface area contributed by atoms with Crippen LogP contribution in [0.15, 0.2) is 48.9 Å². The number of hydrogen-bond donors (Lipinski definition) is 3. The number of aryl methyl sites for hydroxylation is 1. The fraction of sp³-hybridized carbons (Fsp3) is 0.387. The van der Waals surface area contributed by atoms with Crippen LogP contribution in [0.5, 0.6) is 0 Å². The molecule has 1 saturated carbocycles. The monoisotopic (exact) mass is 548 g/mol. The van der Waals surface area contributed by atoms with Gasteiger partial charge in [-0.05, 0) is 80.3 Å². The summed E-state index contributed by atoms with van der Waals surface area (Å²) < 4.78 is 31.7. The molecule has 1 amide bonds. The van der Waals surface area contributed by atoms with E-state index in [0.29, 0.717) is 34.7 Å². The molecule has 9 heteroatoms. The van der Waals surface area contributed by atoms with E-state index in [9.17, 15) is 9.18 Å². The first-order valence-electron chi connectivity index (χ1n) is 13.5. The summed E-state index contributed by atoms with van der Waals surface area (Å²) in [6.45, 7) is 5.71. The molecular formula is C31H38F2N6O. The SMILES string of the molecule is C.CCC(C)c1ccc(-c2cnc3c(Nc4ccc(C(=O)NC5CCC(N)CC5)c(C)c4)nccn23)c(F)c1F. The van der Waals surface area contributed by atoms with E-state index in [1.54, 1.807) is 35.0 Å². The van der Waals surface area contributed by atoms with Gasteiger partial charge in [0.05, 0.1) is 11.9 Å². The molecule has 2 heterocycles. The van der Waals surface area contributed by atoms with Gasteiger partial charge in [-0.25, -0.2) is 18.7 Å². The zero-order valence-corrected chi connectivity index (χ0v) is 22.5. The molecule has 5 rings (SSSR count). The van der Waals surface area contributed by atoms with Gasteiger partial charge in [-0.1, -0.05) is 27.3 Å².